The van der Waals surface area contributed by atoms with Gasteiger partial charge in [0.15, 0.2) is 0 Å². The molecule has 10 heteroatoms. The zero-order valence-electron chi connectivity index (χ0n) is 16.0. The first-order valence-electron chi connectivity index (χ1n) is 8.82. The van der Waals surface area contributed by atoms with Gasteiger partial charge >= 0.3 is 5.97 Å². The van der Waals surface area contributed by atoms with Crippen LogP contribution in [-0.4, -0.2) is 66.4 Å². The first-order valence-corrected chi connectivity index (χ1v) is 8.82. The van der Waals surface area contributed by atoms with Crippen LogP contribution in [0.2, 0.25) is 0 Å². The van der Waals surface area contributed by atoms with Crippen LogP contribution in [0.1, 0.15) is 18.9 Å². The Morgan fingerprint density at radius 3 is 2.32 bits per heavy atom. The molecule has 1 rings (SSSR count). The number of carbonyl (C=O) groups excluding carboxylic acids is 2. The van der Waals surface area contributed by atoms with Gasteiger partial charge in [0.2, 0.25) is 11.8 Å². The maximum absolute atomic E-state index is 12.2. The lowest BCUT2D eigenvalue weighted by atomic mass is 10.1. The van der Waals surface area contributed by atoms with Gasteiger partial charge in [0.1, 0.15) is 17.8 Å². The van der Waals surface area contributed by atoms with Gasteiger partial charge in [-0.25, -0.2) is 4.79 Å². The van der Waals surface area contributed by atoms with E-state index in [9.17, 15) is 19.5 Å². The molecule has 0 heterocycles. The Morgan fingerprint density at radius 2 is 1.82 bits per heavy atom. The average Bonchev–Trinajstić information content (AvgIpc) is 2.65. The number of hydrogen-bond acceptors (Lipinski definition) is 7. The molecule has 0 aliphatic rings. The van der Waals surface area contributed by atoms with Gasteiger partial charge in [0.05, 0.1) is 19.8 Å². The number of aliphatic hydroxyl groups is 1. The van der Waals surface area contributed by atoms with Crippen LogP contribution in [0.5, 0.6) is 5.75 Å². The summed E-state index contributed by atoms with van der Waals surface area (Å²) in [5.74, 6) is -1.82. The molecule has 2 amide bonds. The number of aliphatic carboxylic acids is 1. The summed E-state index contributed by atoms with van der Waals surface area (Å²) in [4.78, 5) is 35.4. The summed E-state index contributed by atoms with van der Waals surface area (Å²) in [6.07, 6.45) is -1.18. The monoisotopic (exact) mass is 396 g/mol. The van der Waals surface area contributed by atoms with Gasteiger partial charge < -0.3 is 36.6 Å². The van der Waals surface area contributed by atoms with E-state index >= 15 is 0 Å². The Bertz CT molecular complexity index is 650. The second-order valence-electron chi connectivity index (χ2n) is 6.21. The second kappa shape index (κ2) is 11.9. The quantitative estimate of drug-likeness (QED) is 0.250. The number of carboxylic acid groups (broad SMARTS) is 1. The van der Waals surface area contributed by atoms with Crippen LogP contribution in [0.3, 0.4) is 0 Å². The van der Waals surface area contributed by atoms with Crippen molar-refractivity contribution in [3.8, 4) is 5.75 Å². The molecule has 3 atom stereocenters. The van der Waals surface area contributed by atoms with Crippen LogP contribution in [0.4, 0.5) is 0 Å². The van der Waals surface area contributed by atoms with Crippen molar-refractivity contribution in [2.24, 2.45) is 5.73 Å². The van der Waals surface area contributed by atoms with Crippen LogP contribution in [0.25, 0.3) is 0 Å². The van der Waals surface area contributed by atoms with E-state index in [0.29, 0.717) is 6.54 Å². The number of carbonyl (C=O) groups is 3. The fourth-order valence-electron chi connectivity index (χ4n) is 2.38. The minimum absolute atomic E-state index is 0.0327. The van der Waals surface area contributed by atoms with Crippen molar-refractivity contribution in [2.75, 3.05) is 20.2 Å². The van der Waals surface area contributed by atoms with Crippen molar-refractivity contribution in [1.29, 1.82) is 0 Å². The van der Waals surface area contributed by atoms with E-state index in [1.807, 2.05) is 12.1 Å². The molecule has 1 aromatic rings. The van der Waals surface area contributed by atoms with Crippen LogP contribution in [0.15, 0.2) is 24.3 Å². The number of aliphatic hydroxyl groups excluding tert-OH is 1. The molecule has 0 aliphatic carbocycles. The van der Waals surface area contributed by atoms with Crippen LogP contribution in [-0.2, 0) is 20.9 Å². The highest BCUT2D eigenvalue weighted by Gasteiger charge is 2.29. The highest BCUT2D eigenvalue weighted by atomic mass is 16.5. The highest BCUT2D eigenvalue weighted by Crippen LogP contribution is 2.10. The molecule has 1 aromatic carbocycles. The summed E-state index contributed by atoms with van der Waals surface area (Å²) in [5.41, 5.74) is 6.26. The van der Waals surface area contributed by atoms with Gasteiger partial charge in [0.25, 0.3) is 0 Å². The summed E-state index contributed by atoms with van der Waals surface area (Å²) in [5, 5.41) is 26.5. The van der Waals surface area contributed by atoms with E-state index in [1.54, 1.807) is 19.2 Å². The van der Waals surface area contributed by atoms with Crippen LogP contribution >= 0.6 is 0 Å². The molecule has 28 heavy (non-hydrogen) atoms. The van der Waals surface area contributed by atoms with E-state index in [1.165, 1.54) is 6.92 Å². The van der Waals surface area contributed by atoms with Crippen molar-refractivity contribution < 1.29 is 29.3 Å². The minimum Gasteiger partial charge on any atom is -0.497 e. The fraction of sp³-hybridized carbons (Fsp3) is 0.500. The third kappa shape index (κ3) is 7.91. The number of amides is 2. The van der Waals surface area contributed by atoms with Gasteiger partial charge in [-0.3, -0.25) is 9.59 Å². The van der Waals surface area contributed by atoms with Gasteiger partial charge in [-0.15, -0.1) is 0 Å². The molecular weight excluding hydrogens is 368 g/mol. The molecule has 0 fully saturated rings. The largest absolute Gasteiger partial charge is 0.497 e. The molecule has 0 aromatic heterocycles. The first-order chi connectivity index (χ1) is 13.3. The lowest BCUT2D eigenvalue weighted by molar-refractivity contribution is -0.143. The standard InChI is InChI=1S/C18H28N4O6/c1-11(23)16(17(25)21-14(7-8-19)18(26)27)22-15(24)10-20-9-12-3-5-13(28-2)6-4-12/h3-6,11,14,16,20,23H,7-10,19H2,1-2H3,(H,21,25)(H,22,24)(H,26,27)/t11-,14+,16+/m1/s1. The number of hydrogen-bond donors (Lipinski definition) is 6. The molecule has 0 saturated heterocycles. The van der Waals surface area contributed by atoms with Crippen LogP contribution in [0, 0.1) is 0 Å². The van der Waals surface area contributed by atoms with Crippen molar-refractivity contribution >= 4 is 17.8 Å². The third-order valence-electron chi connectivity index (χ3n) is 3.93. The molecule has 0 unspecified atom stereocenters. The molecule has 0 radical (unpaired) electrons. The molecule has 0 spiro atoms. The number of benzene rings is 1. The SMILES string of the molecule is COc1ccc(CNCC(=O)N[C@H](C(=O)N[C@@H](CCN)C(=O)O)[C@@H](C)O)cc1. The number of rotatable bonds is 12. The van der Waals surface area contributed by atoms with Crippen LogP contribution < -0.4 is 26.4 Å². The lowest BCUT2D eigenvalue weighted by Gasteiger charge is -2.23. The van der Waals surface area contributed by atoms with E-state index in [0.717, 1.165) is 11.3 Å². The number of nitrogens with two attached hydrogens (primary N) is 1. The summed E-state index contributed by atoms with van der Waals surface area (Å²) in [6.45, 7) is 1.72. The number of carboxylic acids is 1. The van der Waals surface area contributed by atoms with Crippen molar-refractivity contribution in [3.05, 3.63) is 29.8 Å². The van der Waals surface area contributed by atoms with Crippen molar-refractivity contribution in [1.82, 2.24) is 16.0 Å². The molecule has 7 N–H and O–H groups in total. The Kier molecular flexibility index (Phi) is 9.93. The zero-order valence-corrected chi connectivity index (χ0v) is 16.0. The number of methoxy groups -OCH3 is 1. The Labute approximate surface area is 163 Å². The third-order valence-corrected chi connectivity index (χ3v) is 3.93. The molecule has 0 saturated carbocycles. The minimum atomic E-state index is -1.28. The summed E-state index contributed by atoms with van der Waals surface area (Å²) < 4.78 is 5.07. The predicted octanol–water partition coefficient (Wildman–Crippen LogP) is -1.43. The van der Waals surface area contributed by atoms with Gasteiger partial charge in [-0.2, -0.15) is 0 Å². The normalized spacial score (nSPS) is 13.9. The fourth-order valence-corrected chi connectivity index (χ4v) is 2.38. The molecule has 0 aliphatic heterocycles. The number of nitrogens with one attached hydrogen (secondary N) is 3. The Hall–Kier alpha value is -2.69. The Balaban J connectivity index is 2.53. The van der Waals surface area contributed by atoms with Crippen molar-refractivity contribution in [3.63, 3.8) is 0 Å². The van der Waals surface area contributed by atoms with Crippen molar-refractivity contribution in [2.45, 2.75) is 38.1 Å². The lowest BCUT2D eigenvalue weighted by Crippen LogP contribution is -2.57. The maximum Gasteiger partial charge on any atom is 0.326 e. The molecule has 156 valence electrons. The van der Waals surface area contributed by atoms with E-state index in [4.69, 9.17) is 15.6 Å². The summed E-state index contributed by atoms with van der Waals surface area (Å²) in [7, 11) is 1.57. The second-order valence-corrected chi connectivity index (χ2v) is 6.21. The summed E-state index contributed by atoms with van der Waals surface area (Å²) in [6, 6.07) is 4.81. The highest BCUT2D eigenvalue weighted by molar-refractivity contribution is 5.91. The van der Waals surface area contributed by atoms with Gasteiger partial charge in [0, 0.05) is 6.54 Å². The van der Waals surface area contributed by atoms with Gasteiger partial charge in [-0.1, -0.05) is 12.1 Å². The van der Waals surface area contributed by atoms with E-state index < -0.39 is 36.0 Å². The Morgan fingerprint density at radius 1 is 1.18 bits per heavy atom. The molecular formula is C18H28N4O6. The van der Waals surface area contributed by atoms with E-state index in [-0.39, 0.29) is 19.5 Å². The first kappa shape index (κ1) is 23.3. The average molecular weight is 396 g/mol. The molecule has 0 bridgehead atoms. The van der Waals surface area contributed by atoms with Gasteiger partial charge in [-0.05, 0) is 37.6 Å². The summed E-state index contributed by atoms with van der Waals surface area (Å²) >= 11 is 0. The van der Waals surface area contributed by atoms with E-state index in [2.05, 4.69) is 16.0 Å². The molecule has 10 nitrogen and oxygen atoms in total. The maximum atomic E-state index is 12.2. The predicted molar refractivity (Wildman–Crippen MR) is 102 cm³/mol. The number of ether oxygens (including phenoxy) is 1. The topological polar surface area (TPSA) is 163 Å². The zero-order chi connectivity index (χ0) is 21.1. The smallest absolute Gasteiger partial charge is 0.326 e.